The summed E-state index contributed by atoms with van der Waals surface area (Å²) in [5, 5.41) is 3.91. The van der Waals surface area contributed by atoms with Crippen molar-refractivity contribution >= 4 is 0 Å². The first kappa shape index (κ1) is 14.8. The van der Waals surface area contributed by atoms with E-state index < -0.39 is 0 Å². The minimum atomic E-state index is 0.377. The van der Waals surface area contributed by atoms with Gasteiger partial charge in [-0.2, -0.15) is 0 Å². The van der Waals surface area contributed by atoms with E-state index in [1.165, 1.54) is 19.3 Å². The number of hydrogen-bond donors (Lipinski definition) is 1. The fourth-order valence-electron chi connectivity index (χ4n) is 5.25. The average Bonchev–Trinajstić information content (AvgIpc) is 2.89. The molecule has 2 aliphatic carbocycles. The van der Waals surface area contributed by atoms with Crippen molar-refractivity contribution in [2.45, 2.75) is 59.1 Å². The van der Waals surface area contributed by atoms with Crippen LogP contribution in [0.25, 0.3) is 0 Å². The summed E-state index contributed by atoms with van der Waals surface area (Å²) in [7, 11) is 0. The van der Waals surface area contributed by atoms with Crippen molar-refractivity contribution in [1.29, 1.82) is 0 Å². The van der Waals surface area contributed by atoms with E-state index in [4.69, 9.17) is 4.74 Å². The molecule has 2 bridgehead atoms. The van der Waals surface area contributed by atoms with Crippen LogP contribution in [-0.4, -0.2) is 49.8 Å². The zero-order chi connectivity index (χ0) is 14.4. The Morgan fingerprint density at radius 3 is 2.75 bits per heavy atom. The van der Waals surface area contributed by atoms with Gasteiger partial charge in [-0.25, -0.2) is 0 Å². The molecule has 2 saturated carbocycles. The van der Waals surface area contributed by atoms with Crippen LogP contribution in [-0.2, 0) is 4.74 Å². The Labute approximate surface area is 124 Å². The highest BCUT2D eigenvalue weighted by Crippen LogP contribution is 2.62. The van der Waals surface area contributed by atoms with Crippen molar-refractivity contribution in [3.63, 3.8) is 0 Å². The second-order valence-electron chi connectivity index (χ2n) is 8.14. The Bertz CT molecular complexity index is 352. The van der Waals surface area contributed by atoms with E-state index in [1.807, 2.05) is 0 Å². The number of ether oxygens (including phenoxy) is 1. The molecule has 1 heterocycles. The summed E-state index contributed by atoms with van der Waals surface area (Å²) in [6.07, 6.45) is 4.64. The summed E-state index contributed by atoms with van der Waals surface area (Å²) < 4.78 is 5.95. The van der Waals surface area contributed by atoms with Crippen LogP contribution in [0.4, 0.5) is 0 Å². The van der Waals surface area contributed by atoms with Gasteiger partial charge in [-0.15, -0.1) is 0 Å². The van der Waals surface area contributed by atoms with E-state index in [9.17, 15) is 0 Å². The fraction of sp³-hybridized carbons (Fsp3) is 1.00. The molecule has 1 N–H and O–H groups in total. The lowest BCUT2D eigenvalue weighted by molar-refractivity contribution is -0.0314. The maximum atomic E-state index is 5.95. The number of nitrogens with zero attached hydrogens (tertiary/aromatic N) is 1. The Morgan fingerprint density at radius 1 is 1.30 bits per heavy atom. The smallest absolute Gasteiger partial charge is 0.0826 e. The molecule has 0 aromatic carbocycles. The lowest BCUT2D eigenvalue weighted by atomic mass is 9.68. The summed E-state index contributed by atoms with van der Waals surface area (Å²) in [5.74, 6) is 0.921. The summed E-state index contributed by atoms with van der Waals surface area (Å²) >= 11 is 0. The van der Waals surface area contributed by atoms with Gasteiger partial charge in [-0.1, -0.05) is 27.7 Å². The number of morpholine rings is 1. The highest BCUT2D eigenvalue weighted by atomic mass is 16.5. The number of likely N-dealkylation sites (N-methyl/N-ethyl adjacent to an activating group) is 1. The van der Waals surface area contributed by atoms with Crippen LogP contribution < -0.4 is 5.32 Å². The van der Waals surface area contributed by atoms with Crippen LogP contribution in [0.5, 0.6) is 0 Å². The third-order valence-corrected chi connectivity index (χ3v) is 6.49. The predicted octanol–water partition coefficient (Wildman–Crippen LogP) is 2.51. The Morgan fingerprint density at radius 2 is 2.10 bits per heavy atom. The largest absolute Gasteiger partial charge is 0.374 e. The highest BCUT2D eigenvalue weighted by Gasteiger charge is 2.59. The number of rotatable bonds is 4. The monoisotopic (exact) mass is 280 g/mol. The molecule has 3 rings (SSSR count). The van der Waals surface area contributed by atoms with E-state index in [2.05, 4.69) is 37.9 Å². The third-order valence-electron chi connectivity index (χ3n) is 6.49. The molecular formula is C17H32N2O. The summed E-state index contributed by atoms with van der Waals surface area (Å²) in [6.45, 7) is 14.9. The van der Waals surface area contributed by atoms with Crippen molar-refractivity contribution in [2.24, 2.45) is 16.7 Å². The second kappa shape index (κ2) is 5.26. The number of nitrogens with one attached hydrogen (secondary N) is 1. The van der Waals surface area contributed by atoms with Crippen LogP contribution >= 0.6 is 0 Å². The molecule has 0 aromatic rings. The van der Waals surface area contributed by atoms with Crippen molar-refractivity contribution in [2.75, 3.05) is 32.8 Å². The lowest BCUT2D eigenvalue weighted by Gasteiger charge is -2.44. The first-order valence-corrected chi connectivity index (χ1v) is 8.53. The molecule has 4 atom stereocenters. The van der Waals surface area contributed by atoms with Gasteiger partial charge >= 0.3 is 0 Å². The molecule has 1 aliphatic heterocycles. The molecule has 0 amide bonds. The predicted molar refractivity (Wildman–Crippen MR) is 82.9 cm³/mol. The van der Waals surface area contributed by atoms with Crippen LogP contribution in [0, 0.1) is 16.7 Å². The summed E-state index contributed by atoms with van der Waals surface area (Å²) in [4.78, 5) is 2.50. The SMILES string of the molecule is CCN1CCOC(CNC2C(C)(C)[C@H]3CC[C@]2(C)C3)C1. The molecule has 3 heteroatoms. The van der Waals surface area contributed by atoms with Gasteiger partial charge in [-0.3, -0.25) is 4.90 Å². The first-order valence-electron chi connectivity index (χ1n) is 8.53. The minimum Gasteiger partial charge on any atom is -0.374 e. The van der Waals surface area contributed by atoms with Gasteiger partial charge in [0.25, 0.3) is 0 Å². The summed E-state index contributed by atoms with van der Waals surface area (Å²) in [6, 6.07) is 0.661. The standard InChI is InChI=1S/C17H32N2O/c1-5-19-8-9-20-14(12-19)11-18-15-16(2,3)13-6-7-17(15,4)10-13/h13-15,18H,5-12H2,1-4H3/t13-,14?,15?,17+/m0/s1. The Kier molecular flexibility index (Phi) is 3.89. The van der Waals surface area contributed by atoms with Crippen LogP contribution in [0.15, 0.2) is 0 Å². The zero-order valence-electron chi connectivity index (χ0n) is 13.7. The second-order valence-corrected chi connectivity index (χ2v) is 8.14. The lowest BCUT2D eigenvalue weighted by Crippen LogP contribution is -2.54. The Hall–Kier alpha value is -0.120. The molecule has 3 fully saturated rings. The van der Waals surface area contributed by atoms with Crippen molar-refractivity contribution in [3.05, 3.63) is 0 Å². The molecule has 0 radical (unpaired) electrons. The van der Waals surface area contributed by atoms with E-state index in [1.54, 1.807) is 0 Å². The molecule has 3 aliphatic rings. The maximum absolute atomic E-state index is 5.95. The van der Waals surface area contributed by atoms with Crippen LogP contribution in [0.1, 0.15) is 47.0 Å². The van der Waals surface area contributed by atoms with Gasteiger partial charge in [0, 0.05) is 25.7 Å². The fourth-order valence-corrected chi connectivity index (χ4v) is 5.25. The number of hydrogen-bond acceptors (Lipinski definition) is 3. The van der Waals surface area contributed by atoms with Gasteiger partial charge in [0.15, 0.2) is 0 Å². The Balaban J connectivity index is 1.58. The van der Waals surface area contributed by atoms with E-state index in [-0.39, 0.29) is 0 Å². The number of fused-ring (bicyclic) bond motifs is 2. The molecule has 20 heavy (non-hydrogen) atoms. The minimum absolute atomic E-state index is 0.377. The normalized spacial score (nSPS) is 44.1. The molecule has 1 saturated heterocycles. The summed E-state index contributed by atoms with van der Waals surface area (Å²) in [5.41, 5.74) is 0.972. The topological polar surface area (TPSA) is 24.5 Å². The average molecular weight is 280 g/mol. The molecule has 3 nitrogen and oxygen atoms in total. The first-order chi connectivity index (χ1) is 9.45. The molecule has 0 aromatic heterocycles. The molecule has 0 spiro atoms. The molecular weight excluding hydrogens is 248 g/mol. The van der Waals surface area contributed by atoms with Crippen LogP contribution in [0.2, 0.25) is 0 Å². The molecule has 116 valence electrons. The van der Waals surface area contributed by atoms with Gasteiger partial charge in [0.2, 0.25) is 0 Å². The third kappa shape index (κ3) is 2.42. The maximum Gasteiger partial charge on any atom is 0.0826 e. The quantitative estimate of drug-likeness (QED) is 0.856. The van der Waals surface area contributed by atoms with Gasteiger partial charge in [0.05, 0.1) is 12.7 Å². The van der Waals surface area contributed by atoms with Crippen LogP contribution in [0.3, 0.4) is 0 Å². The van der Waals surface area contributed by atoms with Crippen molar-refractivity contribution in [3.8, 4) is 0 Å². The molecule has 2 unspecified atom stereocenters. The van der Waals surface area contributed by atoms with Gasteiger partial charge in [-0.05, 0) is 42.6 Å². The van der Waals surface area contributed by atoms with E-state index in [0.29, 0.717) is 23.0 Å². The van der Waals surface area contributed by atoms with Gasteiger partial charge in [0.1, 0.15) is 0 Å². The zero-order valence-corrected chi connectivity index (χ0v) is 13.7. The van der Waals surface area contributed by atoms with Crippen molar-refractivity contribution in [1.82, 2.24) is 10.2 Å². The highest BCUT2D eigenvalue weighted by molar-refractivity contribution is 5.12. The van der Waals surface area contributed by atoms with E-state index >= 15 is 0 Å². The van der Waals surface area contributed by atoms with Crippen molar-refractivity contribution < 1.29 is 4.74 Å². The van der Waals surface area contributed by atoms with Gasteiger partial charge < -0.3 is 10.1 Å². The van der Waals surface area contributed by atoms with E-state index in [0.717, 1.165) is 38.7 Å².